The van der Waals surface area contributed by atoms with Gasteiger partial charge in [-0.2, -0.15) is 12.7 Å². The van der Waals surface area contributed by atoms with Crippen molar-refractivity contribution < 1.29 is 18.3 Å². The Labute approximate surface area is 121 Å². The molecule has 0 aromatic carbocycles. The number of nitrogens with one attached hydrogen (secondary N) is 1. The highest BCUT2D eigenvalue weighted by molar-refractivity contribution is 7.90. The van der Waals surface area contributed by atoms with Gasteiger partial charge in [-0.3, -0.25) is 4.79 Å². The van der Waals surface area contributed by atoms with Crippen LogP contribution in [0, 0.1) is 0 Å². The summed E-state index contributed by atoms with van der Waals surface area (Å²) >= 11 is 1.15. The number of aromatic nitrogens is 2. The van der Waals surface area contributed by atoms with Gasteiger partial charge in [0.2, 0.25) is 5.13 Å². The lowest BCUT2D eigenvalue weighted by atomic mass is 10.1. The van der Waals surface area contributed by atoms with E-state index < -0.39 is 22.2 Å². The quantitative estimate of drug-likeness (QED) is 0.825. The van der Waals surface area contributed by atoms with Crippen LogP contribution in [0.2, 0.25) is 0 Å². The number of nitrogens with zero attached hydrogens (tertiary/aromatic N) is 3. The molecule has 1 fully saturated rings. The zero-order valence-electron chi connectivity index (χ0n) is 10.9. The molecule has 1 atom stereocenters. The lowest BCUT2D eigenvalue weighted by Gasteiger charge is -2.31. The fraction of sp³-hybridized carbons (Fsp3) is 0.700. The molecule has 1 aliphatic rings. The number of carboxylic acids is 1. The van der Waals surface area contributed by atoms with Crippen LogP contribution < -0.4 is 4.72 Å². The zero-order valence-corrected chi connectivity index (χ0v) is 12.6. The Morgan fingerprint density at radius 3 is 2.85 bits per heavy atom. The minimum atomic E-state index is -3.92. The number of rotatable bonds is 5. The highest BCUT2D eigenvalue weighted by atomic mass is 32.2. The van der Waals surface area contributed by atoms with Crippen LogP contribution in [0.5, 0.6) is 0 Å². The van der Waals surface area contributed by atoms with E-state index in [-0.39, 0.29) is 11.7 Å². The maximum absolute atomic E-state index is 12.3. The molecule has 0 amide bonds. The number of aliphatic carboxylic acids is 1. The highest BCUT2D eigenvalue weighted by Gasteiger charge is 2.37. The van der Waals surface area contributed by atoms with Gasteiger partial charge in [-0.25, -0.2) is 4.72 Å². The van der Waals surface area contributed by atoms with Gasteiger partial charge < -0.3 is 5.11 Å². The summed E-state index contributed by atoms with van der Waals surface area (Å²) in [7, 11) is -3.92. The Balaban J connectivity index is 2.17. The number of piperidine rings is 1. The van der Waals surface area contributed by atoms with E-state index in [2.05, 4.69) is 14.9 Å². The molecule has 0 spiro atoms. The monoisotopic (exact) mass is 320 g/mol. The van der Waals surface area contributed by atoms with Crippen molar-refractivity contribution in [3.05, 3.63) is 5.01 Å². The second-order valence-electron chi connectivity index (χ2n) is 4.42. The van der Waals surface area contributed by atoms with E-state index in [1.807, 2.05) is 6.92 Å². The molecular weight excluding hydrogens is 304 g/mol. The summed E-state index contributed by atoms with van der Waals surface area (Å²) in [5, 5.41) is 17.6. The van der Waals surface area contributed by atoms with Crippen molar-refractivity contribution in [2.45, 2.75) is 38.6 Å². The molecule has 20 heavy (non-hydrogen) atoms. The van der Waals surface area contributed by atoms with Gasteiger partial charge in [0.25, 0.3) is 0 Å². The molecule has 1 saturated heterocycles. The number of carbonyl (C=O) groups is 1. The molecule has 1 aliphatic heterocycles. The van der Waals surface area contributed by atoms with Crippen LogP contribution in [0.4, 0.5) is 5.13 Å². The standard InChI is InChI=1S/C10H16N4O4S2/c1-2-8-11-12-10(19-8)13-20(17,18)14-6-4-3-5-7(14)9(15)16/h7H,2-6H2,1H3,(H,12,13)(H,15,16). The van der Waals surface area contributed by atoms with Crippen LogP contribution in [-0.2, 0) is 21.4 Å². The van der Waals surface area contributed by atoms with Crippen LogP contribution in [-0.4, -0.2) is 46.6 Å². The smallest absolute Gasteiger partial charge is 0.322 e. The minimum absolute atomic E-state index is 0.163. The molecule has 0 radical (unpaired) electrons. The van der Waals surface area contributed by atoms with Gasteiger partial charge in [-0.05, 0) is 25.7 Å². The van der Waals surface area contributed by atoms with Gasteiger partial charge >= 0.3 is 16.2 Å². The van der Waals surface area contributed by atoms with E-state index in [1.54, 1.807) is 0 Å². The Hall–Kier alpha value is -1.26. The first-order valence-corrected chi connectivity index (χ1v) is 8.54. The van der Waals surface area contributed by atoms with Crippen LogP contribution in [0.15, 0.2) is 0 Å². The van der Waals surface area contributed by atoms with E-state index >= 15 is 0 Å². The molecule has 2 N–H and O–H groups in total. The SMILES string of the molecule is CCc1nnc(NS(=O)(=O)N2CCCCC2C(=O)O)s1. The van der Waals surface area contributed by atoms with E-state index in [0.717, 1.165) is 20.6 Å². The van der Waals surface area contributed by atoms with E-state index in [4.69, 9.17) is 5.11 Å². The second-order valence-corrected chi connectivity index (χ2v) is 7.11. The Morgan fingerprint density at radius 1 is 1.50 bits per heavy atom. The average molecular weight is 320 g/mol. The van der Waals surface area contributed by atoms with Crippen molar-refractivity contribution in [1.82, 2.24) is 14.5 Å². The van der Waals surface area contributed by atoms with Gasteiger partial charge in [0.05, 0.1) is 0 Å². The van der Waals surface area contributed by atoms with Crippen molar-refractivity contribution in [2.75, 3.05) is 11.3 Å². The Kier molecular flexibility index (Phi) is 4.55. The van der Waals surface area contributed by atoms with Gasteiger partial charge in [-0.1, -0.05) is 18.3 Å². The third kappa shape index (κ3) is 3.25. The number of anilines is 1. The molecular formula is C10H16N4O4S2. The van der Waals surface area contributed by atoms with Crippen molar-refractivity contribution in [3.63, 3.8) is 0 Å². The van der Waals surface area contributed by atoms with Crippen molar-refractivity contribution in [2.24, 2.45) is 0 Å². The van der Waals surface area contributed by atoms with Gasteiger partial charge in [0.1, 0.15) is 11.0 Å². The van der Waals surface area contributed by atoms with Crippen LogP contribution in [0.3, 0.4) is 0 Å². The molecule has 0 saturated carbocycles. The minimum Gasteiger partial charge on any atom is -0.480 e. The Morgan fingerprint density at radius 2 is 2.25 bits per heavy atom. The molecule has 112 valence electrons. The largest absolute Gasteiger partial charge is 0.480 e. The molecule has 2 rings (SSSR count). The first-order chi connectivity index (χ1) is 9.44. The summed E-state index contributed by atoms with van der Waals surface area (Å²) in [5.41, 5.74) is 0. The van der Waals surface area contributed by atoms with Crippen molar-refractivity contribution >= 4 is 32.6 Å². The van der Waals surface area contributed by atoms with E-state index in [9.17, 15) is 13.2 Å². The third-order valence-electron chi connectivity index (χ3n) is 3.03. The number of aryl methyl sites for hydroxylation is 1. The first kappa shape index (κ1) is 15.1. The molecule has 0 bridgehead atoms. The maximum atomic E-state index is 12.3. The molecule has 1 aromatic rings. The molecule has 2 heterocycles. The van der Waals surface area contributed by atoms with Gasteiger partial charge in [-0.15, -0.1) is 10.2 Å². The van der Waals surface area contributed by atoms with Crippen LogP contribution in [0.1, 0.15) is 31.2 Å². The average Bonchev–Trinajstić information content (AvgIpc) is 2.85. The fourth-order valence-corrected chi connectivity index (χ4v) is 4.34. The third-order valence-corrected chi connectivity index (χ3v) is 5.65. The first-order valence-electron chi connectivity index (χ1n) is 6.29. The zero-order chi connectivity index (χ0) is 14.8. The molecule has 1 aromatic heterocycles. The lowest BCUT2D eigenvalue weighted by molar-refractivity contribution is -0.142. The number of hydrogen-bond donors (Lipinski definition) is 2. The van der Waals surface area contributed by atoms with Gasteiger partial charge in [0.15, 0.2) is 0 Å². The summed E-state index contributed by atoms with van der Waals surface area (Å²) in [5.74, 6) is -1.12. The fourth-order valence-electron chi connectivity index (χ4n) is 2.05. The topological polar surface area (TPSA) is 112 Å². The summed E-state index contributed by atoms with van der Waals surface area (Å²) in [6.45, 7) is 2.09. The summed E-state index contributed by atoms with van der Waals surface area (Å²) in [6, 6.07) is -1.01. The summed E-state index contributed by atoms with van der Waals surface area (Å²) < 4.78 is 27.8. The lowest BCUT2D eigenvalue weighted by Crippen LogP contribution is -2.49. The van der Waals surface area contributed by atoms with Crippen LogP contribution >= 0.6 is 11.3 Å². The summed E-state index contributed by atoms with van der Waals surface area (Å²) in [4.78, 5) is 11.2. The van der Waals surface area contributed by atoms with Gasteiger partial charge in [0, 0.05) is 6.54 Å². The maximum Gasteiger partial charge on any atom is 0.322 e. The van der Waals surface area contributed by atoms with Crippen molar-refractivity contribution in [3.8, 4) is 0 Å². The molecule has 0 aliphatic carbocycles. The van der Waals surface area contributed by atoms with Crippen LogP contribution in [0.25, 0.3) is 0 Å². The highest BCUT2D eigenvalue weighted by Crippen LogP contribution is 2.23. The van der Waals surface area contributed by atoms with Crippen molar-refractivity contribution in [1.29, 1.82) is 0 Å². The second kappa shape index (κ2) is 6.02. The predicted octanol–water partition coefficient (Wildman–Crippen LogP) is 0.696. The number of carboxylic acid groups (broad SMARTS) is 1. The molecule has 1 unspecified atom stereocenters. The predicted molar refractivity (Wildman–Crippen MR) is 73.8 cm³/mol. The van der Waals surface area contributed by atoms with E-state index in [0.29, 0.717) is 25.7 Å². The molecule has 8 nitrogen and oxygen atoms in total. The summed E-state index contributed by atoms with van der Waals surface area (Å²) in [6.07, 6.45) is 2.36. The van der Waals surface area contributed by atoms with E-state index in [1.165, 1.54) is 0 Å². The normalized spacial score (nSPS) is 20.8. The number of hydrogen-bond acceptors (Lipinski definition) is 6. The Bertz CT molecular complexity index is 586. The molecule has 10 heteroatoms.